The summed E-state index contributed by atoms with van der Waals surface area (Å²) in [6.45, 7) is 1.25. The summed E-state index contributed by atoms with van der Waals surface area (Å²) in [7, 11) is -23.0. The summed E-state index contributed by atoms with van der Waals surface area (Å²) in [4.78, 5) is 92.6. The van der Waals surface area contributed by atoms with Gasteiger partial charge in [0.05, 0.1) is 6.61 Å². The second-order valence-corrected chi connectivity index (χ2v) is 21.7. The molecular formula is C39H79NO22P4. The van der Waals surface area contributed by atoms with Gasteiger partial charge < -0.3 is 59.7 Å². The van der Waals surface area contributed by atoms with Crippen LogP contribution in [-0.2, 0) is 59.9 Å². The quantitative estimate of drug-likeness (QED) is 0.0184. The normalized spacial score (nSPS) is 21.9. The van der Waals surface area contributed by atoms with Crippen LogP contribution in [0.3, 0.4) is 0 Å². The molecule has 66 heavy (non-hydrogen) atoms. The van der Waals surface area contributed by atoms with Crippen molar-refractivity contribution in [2.75, 3.05) is 19.8 Å². The molecule has 1 saturated carbocycles. The number of hydrogen-bond acceptors (Lipinski definition) is 16. The Morgan fingerprint density at radius 1 is 0.470 bits per heavy atom. The molecule has 11 N–H and O–H groups in total. The standard InChI is InChI=1S/C39H79NO22P4/c1-2-3-4-5-6-7-8-9-11-15-18-21-24-27-33(42)58-31(29-56-32(41)26-23-20-17-14-12-10-13-16-19-22-25-28-40)30-57-66(54,55)62-36-34(43)37(59-63(45,46)47)39(61-65(51,52)53)38(35(36)44)60-64(48,49)50/h31,34-39,43-44H,2-30,40H2,1H3,(H,54,55)(H2,45,46,47)(H2,48,49,50)(H2,51,52,53)/t31-,34-,35?,36?,37-,38+,39?/m1/s1. The molecule has 1 aliphatic rings. The third kappa shape index (κ3) is 32.2. The minimum absolute atomic E-state index is 0.0309. The molecule has 0 saturated heterocycles. The van der Waals surface area contributed by atoms with Crippen LogP contribution in [-0.4, -0.2) is 119 Å². The smallest absolute Gasteiger partial charge is 0.462 e. The fraction of sp³-hybridized carbons (Fsp3) is 0.949. The molecule has 27 heteroatoms. The molecule has 0 spiro atoms. The van der Waals surface area contributed by atoms with Crippen molar-refractivity contribution >= 4 is 43.2 Å². The van der Waals surface area contributed by atoms with Crippen LogP contribution >= 0.6 is 31.3 Å². The predicted octanol–water partition coefficient (Wildman–Crippen LogP) is 6.23. The third-order valence-electron chi connectivity index (χ3n) is 10.7. The number of carbonyl (C=O) groups excluding carboxylic acids is 2. The number of phosphoric ester groups is 4. The third-order valence-corrected chi connectivity index (χ3v) is 13.3. The number of aliphatic hydroxyl groups excluding tert-OH is 2. The van der Waals surface area contributed by atoms with Gasteiger partial charge in [0, 0.05) is 12.8 Å². The average Bonchev–Trinajstić information content (AvgIpc) is 3.21. The number of rotatable bonds is 41. The molecule has 0 heterocycles. The van der Waals surface area contributed by atoms with Crippen molar-refractivity contribution in [3.05, 3.63) is 0 Å². The fourth-order valence-electron chi connectivity index (χ4n) is 7.39. The van der Waals surface area contributed by atoms with Crippen LogP contribution in [0, 0.1) is 0 Å². The largest absolute Gasteiger partial charge is 0.472 e. The molecule has 0 radical (unpaired) electrons. The topological polar surface area (TPSA) is 375 Å². The zero-order chi connectivity index (χ0) is 49.7. The summed E-state index contributed by atoms with van der Waals surface area (Å²) in [6, 6.07) is 0. The van der Waals surface area contributed by atoms with Crippen molar-refractivity contribution in [1.29, 1.82) is 0 Å². The number of unbranched alkanes of at least 4 members (excludes halogenated alkanes) is 22. The predicted molar refractivity (Wildman–Crippen MR) is 239 cm³/mol. The number of nitrogens with two attached hydrogens (primary N) is 1. The van der Waals surface area contributed by atoms with E-state index < -0.39 is 99.2 Å². The maximum absolute atomic E-state index is 13.2. The van der Waals surface area contributed by atoms with Crippen molar-refractivity contribution in [2.24, 2.45) is 5.73 Å². The molecule has 1 fully saturated rings. The van der Waals surface area contributed by atoms with Crippen molar-refractivity contribution < 1.29 is 104 Å². The maximum atomic E-state index is 13.2. The Bertz CT molecular complexity index is 1470. The van der Waals surface area contributed by atoms with Gasteiger partial charge in [-0.3, -0.25) is 32.2 Å². The van der Waals surface area contributed by atoms with Gasteiger partial charge in [-0.05, 0) is 25.8 Å². The minimum atomic E-state index is -5.78. The highest BCUT2D eigenvalue weighted by atomic mass is 31.2. The van der Waals surface area contributed by atoms with Gasteiger partial charge in [0.25, 0.3) is 0 Å². The van der Waals surface area contributed by atoms with E-state index in [1.165, 1.54) is 57.8 Å². The SMILES string of the molecule is CCCCCCCCCCCCCCCC(=O)O[C@H](COC(=O)CCCCCCCCCCCCCN)COP(=O)(O)OC1C(O)[C@H](OP(=O)(O)O)C(OP(=O)(O)O)[C@H](OP(=O)(O)O)[C@@H]1O. The first kappa shape index (κ1) is 63.3. The molecule has 8 atom stereocenters. The van der Waals surface area contributed by atoms with E-state index in [0.29, 0.717) is 19.4 Å². The number of esters is 2. The summed E-state index contributed by atoms with van der Waals surface area (Å²) in [5.74, 6) is -1.41. The van der Waals surface area contributed by atoms with Crippen LogP contribution in [0.4, 0.5) is 0 Å². The molecule has 4 unspecified atom stereocenters. The molecule has 0 bridgehead atoms. The first-order valence-electron chi connectivity index (χ1n) is 23.3. The lowest BCUT2D eigenvalue weighted by Crippen LogP contribution is -2.65. The number of ether oxygens (including phenoxy) is 2. The van der Waals surface area contributed by atoms with Gasteiger partial charge in [-0.25, -0.2) is 18.3 Å². The number of phosphoric acid groups is 4. The minimum Gasteiger partial charge on any atom is -0.462 e. The van der Waals surface area contributed by atoms with Crippen LogP contribution in [0.1, 0.15) is 174 Å². The molecule has 23 nitrogen and oxygen atoms in total. The lowest BCUT2D eigenvalue weighted by Gasteiger charge is -2.45. The molecule has 392 valence electrons. The number of carbonyl (C=O) groups is 2. The molecule has 0 aromatic carbocycles. The van der Waals surface area contributed by atoms with Crippen LogP contribution in [0.25, 0.3) is 0 Å². The molecule has 0 aromatic rings. The lowest BCUT2D eigenvalue weighted by molar-refractivity contribution is -0.209. The summed E-state index contributed by atoms with van der Waals surface area (Å²) in [5.41, 5.74) is 5.52. The van der Waals surface area contributed by atoms with Gasteiger partial charge in [0.1, 0.15) is 43.2 Å². The Kier molecular flexibility index (Phi) is 33.1. The van der Waals surface area contributed by atoms with Crippen LogP contribution in [0.5, 0.6) is 0 Å². The first-order chi connectivity index (χ1) is 31.0. The lowest BCUT2D eigenvalue weighted by atomic mass is 9.85. The molecule has 0 aliphatic heterocycles. The number of aliphatic hydroxyl groups is 2. The zero-order valence-electron chi connectivity index (χ0n) is 38.2. The highest BCUT2D eigenvalue weighted by Gasteiger charge is 2.59. The fourth-order valence-corrected chi connectivity index (χ4v) is 10.0. The van der Waals surface area contributed by atoms with E-state index >= 15 is 0 Å². The molecule has 1 aliphatic carbocycles. The van der Waals surface area contributed by atoms with Gasteiger partial charge in [0.15, 0.2) is 6.10 Å². The second kappa shape index (κ2) is 34.6. The molecule has 1 rings (SSSR count). The molecular weight excluding hydrogens is 958 g/mol. The van der Waals surface area contributed by atoms with E-state index in [4.69, 9.17) is 24.3 Å². The van der Waals surface area contributed by atoms with Gasteiger partial charge in [0.2, 0.25) is 0 Å². The van der Waals surface area contributed by atoms with Gasteiger partial charge in [-0.1, -0.05) is 142 Å². The van der Waals surface area contributed by atoms with Crippen molar-refractivity contribution in [1.82, 2.24) is 0 Å². The van der Waals surface area contributed by atoms with Crippen molar-refractivity contribution in [3.63, 3.8) is 0 Å². The first-order valence-corrected chi connectivity index (χ1v) is 29.4. The van der Waals surface area contributed by atoms with Gasteiger partial charge >= 0.3 is 43.2 Å². The number of hydrogen-bond donors (Lipinski definition) is 10. The Morgan fingerprint density at radius 3 is 1.20 bits per heavy atom. The monoisotopic (exact) mass is 1040 g/mol. The summed E-state index contributed by atoms with van der Waals surface area (Å²) >= 11 is 0. The van der Waals surface area contributed by atoms with Crippen LogP contribution in [0.15, 0.2) is 0 Å². The van der Waals surface area contributed by atoms with Crippen LogP contribution < -0.4 is 5.73 Å². The Hall–Kier alpha value is -0.740. The van der Waals surface area contributed by atoms with E-state index in [9.17, 15) is 72.3 Å². The van der Waals surface area contributed by atoms with Crippen molar-refractivity contribution in [2.45, 2.75) is 217 Å². The average molecular weight is 1040 g/mol. The summed E-state index contributed by atoms with van der Waals surface area (Å²) in [5, 5.41) is 21.8. The zero-order valence-corrected chi connectivity index (χ0v) is 41.8. The van der Waals surface area contributed by atoms with E-state index in [1.807, 2.05) is 0 Å². The maximum Gasteiger partial charge on any atom is 0.472 e. The van der Waals surface area contributed by atoms with E-state index in [0.717, 1.165) is 83.5 Å². The summed E-state index contributed by atoms with van der Waals surface area (Å²) in [6.07, 6.45) is 7.11. The molecule has 0 amide bonds. The van der Waals surface area contributed by atoms with Gasteiger partial charge in [-0.15, -0.1) is 0 Å². The van der Waals surface area contributed by atoms with E-state index in [1.54, 1.807) is 0 Å². The molecule has 0 aromatic heterocycles. The Labute approximate surface area is 388 Å². The van der Waals surface area contributed by atoms with E-state index in [-0.39, 0.29) is 12.8 Å². The summed E-state index contributed by atoms with van der Waals surface area (Å²) < 4.78 is 82.0. The second-order valence-electron chi connectivity index (χ2n) is 16.7. The Balaban J connectivity index is 2.93. The van der Waals surface area contributed by atoms with Gasteiger partial charge in [-0.2, -0.15) is 0 Å². The van der Waals surface area contributed by atoms with Crippen LogP contribution in [0.2, 0.25) is 0 Å². The highest BCUT2D eigenvalue weighted by molar-refractivity contribution is 7.47. The van der Waals surface area contributed by atoms with Crippen molar-refractivity contribution in [3.8, 4) is 0 Å². The van der Waals surface area contributed by atoms with E-state index in [2.05, 4.69) is 20.5 Å². The highest BCUT2D eigenvalue weighted by Crippen LogP contribution is 2.53. The Morgan fingerprint density at radius 2 is 0.818 bits per heavy atom.